The summed E-state index contributed by atoms with van der Waals surface area (Å²) in [6.07, 6.45) is -4.64. The zero-order valence-corrected chi connectivity index (χ0v) is 6.62. The van der Waals surface area contributed by atoms with Crippen molar-refractivity contribution in [2.24, 2.45) is 5.92 Å². The van der Waals surface area contributed by atoms with E-state index in [2.05, 4.69) is 0 Å². The van der Waals surface area contributed by atoms with Gasteiger partial charge >= 0.3 is 6.18 Å². The fourth-order valence-electron chi connectivity index (χ4n) is 0.777. The van der Waals surface area contributed by atoms with Crippen LogP contribution in [0.15, 0.2) is 0 Å². The van der Waals surface area contributed by atoms with Crippen LogP contribution in [-0.4, -0.2) is 18.6 Å². The number of Topliss-reactive ketones (excluding diaryl/α,β-unsaturated/α-hetero) is 1. The van der Waals surface area contributed by atoms with Crippen molar-refractivity contribution < 1.29 is 22.4 Å². The van der Waals surface area contributed by atoms with Gasteiger partial charge in [0.1, 0.15) is 18.4 Å². The minimum atomic E-state index is -4.74. The van der Waals surface area contributed by atoms with Gasteiger partial charge in [-0.25, -0.2) is 4.39 Å². The molecule has 1 nitrogen and oxygen atoms in total. The summed E-state index contributed by atoms with van der Waals surface area (Å²) in [5.41, 5.74) is 0. The van der Waals surface area contributed by atoms with Gasteiger partial charge in [0.05, 0.1) is 0 Å². The Kier molecular flexibility index (Phi) is 4.20. The summed E-state index contributed by atoms with van der Waals surface area (Å²) >= 11 is 0. The summed E-state index contributed by atoms with van der Waals surface area (Å²) in [6, 6.07) is 0. The molecule has 12 heavy (non-hydrogen) atoms. The second-order valence-electron chi connectivity index (χ2n) is 2.46. The number of halogens is 4. The van der Waals surface area contributed by atoms with Crippen LogP contribution in [-0.2, 0) is 4.79 Å². The third kappa shape index (κ3) is 3.19. The number of alkyl halides is 4. The number of hydrogen-bond acceptors (Lipinski definition) is 1. The van der Waals surface area contributed by atoms with Gasteiger partial charge in [-0.3, -0.25) is 4.79 Å². The molecule has 0 aromatic rings. The minimum Gasteiger partial charge on any atom is -0.299 e. The van der Waals surface area contributed by atoms with E-state index in [1.54, 1.807) is 6.92 Å². The molecule has 0 aromatic heterocycles. The summed E-state index contributed by atoms with van der Waals surface area (Å²) < 4.78 is 47.3. The summed E-state index contributed by atoms with van der Waals surface area (Å²) in [7, 11) is 0. The first kappa shape index (κ1) is 11.4. The van der Waals surface area contributed by atoms with E-state index >= 15 is 0 Å². The molecule has 0 aliphatic heterocycles. The molecule has 0 spiro atoms. The van der Waals surface area contributed by atoms with Crippen LogP contribution in [0.3, 0.4) is 0 Å². The zero-order valence-electron chi connectivity index (χ0n) is 6.62. The van der Waals surface area contributed by atoms with Crippen LogP contribution in [0.2, 0.25) is 0 Å². The van der Waals surface area contributed by atoms with Gasteiger partial charge in [-0.05, 0) is 6.42 Å². The molecular weight excluding hydrogens is 176 g/mol. The van der Waals surface area contributed by atoms with Crippen LogP contribution in [0, 0.1) is 5.92 Å². The molecule has 0 rings (SSSR count). The lowest BCUT2D eigenvalue weighted by Crippen LogP contribution is -2.32. The molecule has 1 unspecified atom stereocenters. The Morgan fingerprint density at radius 2 is 1.92 bits per heavy atom. The predicted octanol–water partition coefficient (Wildman–Crippen LogP) is 2.50. The van der Waals surface area contributed by atoms with E-state index in [0.717, 1.165) is 0 Å². The quantitative estimate of drug-likeness (QED) is 0.616. The summed E-state index contributed by atoms with van der Waals surface area (Å²) in [5.74, 6) is -3.48. The van der Waals surface area contributed by atoms with E-state index in [0.29, 0.717) is 6.42 Å². The molecule has 0 aromatic carbocycles. The summed E-state index contributed by atoms with van der Waals surface area (Å²) in [5, 5.41) is 0. The average Bonchev–Trinajstić information content (AvgIpc) is 1.85. The lowest BCUT2D eigenvalue weighted by molar-refractivity contribution is -0.184. The normalized spacial score (nSPS) is 14.4. The molecule has 0 saturated heterocycles. The second kappa shape index (κ2) is 4.42. The van der Waals surface area contributed by atoms with Crippen LogP contribution in [0.5, 0.6) is 0 Å². The Balaban J connectivity index is 4.25. The van der Waals surface area contributed by atoms with Crippen molar-refractivity contribution in [1.29, 1.82) is 0 Å². The fourth-order valence-corrected chi connectivity index (χ4v) is 0.777. The number of hydrogen-bond donors (Lipinski definition) is 0. The Morgan fingerprint density at radius 1 is 1.42 bits per heavy atom. The molecule has 72 valence electrons. The van der Waals surface area contributed by atoms with Gasteiger partial charge in [-0.15, -0.1) is 0 Å². The maximum absolute atomic E-state index is 11.8. The van der Waals surface area contributed by atoms with Crippen molar-refractivity contribution in [3.05, 3.63) is 0 Å². The molecule has 0 saturated carbocycles. The standard InChI is InChI=1S/C7H10F4O/c1-2-3-6(12)5(4-8)7(9,10)11/h5H,2-4H2,1H3. The van der Waals surface area contributed by atoms with Crippen LogP contribution >= 0.6 is 0 Å². The average molecular weight is 186 g/mol. The molecule has 0 N–H and O–H groups in total. The van der Waals surface area contributed by atoms with Gasteiger partial charge in [0.25, 0.3) is 0 Å². The van der Waals surface area contributed by atoms with Crippen LogP contribution in [0.4, 0.5) is 17.6 Å². The monoisotopic (exact) mass is 186 g/mol. The molecule has 0 fully saturated rings. The van der Waals surface area contributed by atoms with Gasteiger partial charge in [0, 0.05) is 6.42 Å². The highest BCUT2D eigenvalue weighted by molar-refractivity contribution is 5.81. The van der Waals surface area contributed by atoms with Crippen molar-refractivity contribution in [2.45, 2.75) is 25.9 Å². The first-order valence-electron chi connectivity index (χ1n) is 3.58. The van der Waals surface area contributed by atoms with Crippen molar-refractivity contribution in [3.63, 3.8) is 0 Å². The number of rotatable bonds is 4. The van der Waals surface area contributed by atoms with E-state index in [1.807, 2.05) is 0 Å². The highest BCUT2D eigenvalue weighted by Crippen LogP contribution is 2.28. The number of carbonyl (C=O) groups is 1. The molecular formula is C7H10F4O. The SMILES string of the molecule is CCCC(=O)C(CF)C(F)(F)F. The van der Waals surface area contributed by atoms with Crippen LogP contribution < -0.4 is 0 Å². The van der Waals surface area contributed by atoms with Gasteiger partial charge in [-0.2, -0.15) is 13.2 Å². The Labute approximate surface area is 67.8 Å². The highest BCUT2D eigenvalue weighted by atomic mass is 19.4. The van der Waals surface area contributed by atoms with E-state index in [9.17, 15) is 22.4 Å². The summed E-state index contributed by atoms with van der Waals surface area (Å²) in [6.45, 7) is -0.0775. The maximum Gasteiger partial charge on any atom is 0.401 e. The van der Waals surface area contributed by atoms with Crippen molar-refractivity contribution in [2.75, 3.05) is 6.67 Å². The molecule has 0 aliphatic rings. The van der Waals surface area contributed by atoms with Gasteiger partial charge in [0.2, 0.25) is 0 Å². The third-order valence-electron chi connectivity index (χ3n) is 1.43. The maximum atomic E-state index is 11.8. The Bertz CT molecular complexity index is 152. The number of carbonyl (C=O) groups excluding carboxylic acids is 1. The van der Waals surface area contributed by atoms with E-state index in [-0.39, 0.29) is 6.42 Å². The van der Waals surface area contributed by atoms with Crippen molar-refractivity contribution in [3.8, 4) is 0 Å². The molecule has 0 aliphatic carbocycles. The van der Waals surface area contributed by atoms with Gasteiger partial charge < -0.3 is 0 Å². The first-order chi connectivity index (χ1) is 5.43. The smallest absolute Gasteiger partial charge is 0.299 e. The lowest BCUT2D eigenvalue weighted by atomic mass is 10.0. The van der Waals surface area contributed by atoms with Gasteiger partial charge in [0.15, 0.2) is 0 Å². The molecule has 1 atom stereocenters. The molecule has 0 radical (unpaired) electrons. The summed E-state index contributed by atoms with van der Waals surface area (Å²) in [4.78, 5) is 10.7. The number of ketones is 1. The Hall–Kier alpha value is -0.610. The topological polar surface area (TPSA) is 17.1 Å². The largest absolute Gasteiger partial charge is 0.401 e. The Morgan fingerprint density at radius 3 is 2.17 bits per heavy atom. The van der Waals surface area contributed by atoms with E-state index < -0.39 is 24.6 Å². The third-order valence-corrected chi connectivity index (χ3v) is 1.43. The van der Waals surface area contributed by atoms with Crippen LogP contribution in [0.25, 0.3) is 0 Å². The minimum absolute atomic E-state index is 0.214. The molecule has 0 heterocycles. The van der Waals surface area contributed by atoms with Crippen LogP contribution in [0.1, 0.15) is 19.8 Å². The molecule has 0 bridgehead atoms. The fraction of sp³-hybridized carbons (Fsp3) is 0.857. The van der Waals surface area contributed by atoms with E-state index in [4.69, 9.17) is 0 Å². The highest BCUT2D eigenvalue weighted by Gasteiger charge is 2.43. The van der Waals surface area contributed by atoms with Crippen molar-refractivity contribution in [1.82, 2.24) is 0 Å². The predicted molar refractivity (Wildman–Crippen MR) is 35.4 cm³/mol. The van der Waals surface area contributed by atoms with Gasteiger partial charge in [-0.1, -0.05) is 6.92 Å². The second-order valence-corrected chi connectivity index (χ2v) is 2.46. The molecule has 0 amide bonds. The van der Waals surface area contributed by atoms with Crippen molar-refractivity contribution >= 4 is 5.78 Å². The molecule has 5 heteroatoms. The lowest BCUT2D eigenvalue weighted by Gasteiger charge is -2.14. The zero-order chi connectivity index (χ0) is 9.78. The van der Waals surface area contributed by atoms with E-state index in [1.165, 1.54) is 0 Å². The first-order valence-corrected chi connectivity index (χ1v) is 3.58.